The molecule has 3 rings (SSSR count). The molecule has 1 aromatic rings. The van der Waals surface area contributed by atoms with Crippen LogP contribution in [-0.4, -0.2) is 96.4 Å². The van der Waals surface area contributed by atoms with Crippen molar-refractivity contribution >= 4 is 22.6 Å². The van der Waals surface area contributed by atoms with Crippen LogP contribution in [0.1, 0.15) is 11.7 Å². The number of halogens is 1. The second-order valence-corrected chi connectivity index (χ2v) is 8.12. The van der Waals surface area contributed by atoms with E-state index in [0.29, 0.717) is 57.5 Å². The first-order valence-corrected chi connectivity index (χ1v) is 9.56. The number of likely N-dealkylation sites (N-methyl/N-ethyl adjacent to an activating group) is 1. The highest BCUT2D eigenvalue weighted by atomic mass is 35.5. The first-order valence-electron chi connectivity index (χ1n) is 8.16. The van der Waals surface area contributed by atoms with E-state index in [1.54, 1.807) is 8.61 Å². The van der Waals surface area contributed by atoms with Gasteiger partial charge in [0, 0.05) is 52.4 Å². The maximum Gasteiger partial charge on any atom is 0.282 e. The predicted molar refractivity (Wildman–Crippen MR) is 94.3 cm³/mol. The smallest absolute Gasteiger partial charge is 0.282 e. The Labute approximate surface area is 154 Å². The lowest BCUT2D eigenvalue weighted by Gasteiger charge is -2.38. The first-order chi connectivity index (χ1) is 11.5. The van der Waals surface area contributed by atoms with Crippen molar-refractivity contribution in [3.8, 4) is 0 Å². The van der Waals surface area contributed by atoms with E-state index in [-0.39, 0.29) is 19.0 Å². The summed E-state index contributed by atoms with van der Waals surface area (Å²) in [7, 11) is -1.35. The molecular formula is C13H26ClN7O3S. The molecule has 0 bridgehead atoms. The van der Waals surface area contributed by atoms with Gasteiger partial charge in [-0.1, -0.05) is 5.16 Å². The minimum atomic E-state index is -3.36. The van der Waals surface area contributed by atoms with E-state index >= 15 is 0 Å². The summed E-state index contributed by atoms with van der Waals surface area (Å²) in [4.78, 5) is 8.45. The van der Waals surface area contributed by atoms with Crippen LogP contribution in [0.4, 0.5) is 0 Å². The quantitative estimate of drug-likeness (QED) is 0.645. The summed E-state index contributed by atoms with van der Waals surface area (Å²) in [6.07, 6.45) is 0. The number of nitrogens with two attached hydrogens (primary N) is 1. The molecule has 3 heterocycles. The molecule has 0 radical (unpaired) electrons. The number of nitrogens with zero attached hydrogens (tertiary/aromatic N) is 6. The summed E-state index contributed by atoms with van der Waals surface area (Å²) < 4.78 is 33.6. The molecule has 2 aliphatic rings. The predicted octanol–water partition coefficient (Wildman–Crippen LogP) is -1.44. The van der Waals surface area contributed by atoms with E-state index < -0.39 is 10.2 Å². The number of hydrogen-bond acceptors (Lipinski definition) is 8. The average Bonchev–Trinajstić information content (AvgIpc) is 3.03. The van der Waals surface area contributed by atoms with Gasteiger partial charge in [-0.05, 0) is 7.05 Å². The molecule has 0 saturated carbocycles. The van der Waals surface area contributed by atoms with Crippen molar-refractivity contribution < 1.29 is 12.9 Å². The van der Waals surface area contributed by atoms with E-state index in [0.717, 1.165) is 13.1 Å². The Hall–Kier alpha value is -0.820. The van der Waals surface area contributed by atoms with E-state index in [4.69, 9.17) is 10.3 Å². The van der Waals surface area contributed by atoms with Crippen LogP contribution in [0.3, 0.4) is 0 Å². The van der Waals surface area contributed by atoms with Crippen LogP contribution < -0.4 is 5.73 Å². The number of aromatic nitrogens is 2. The number of piperazine rings is 2. The van der Waals surface area contributed by atoms with E-state index in [9.17, 15) is 8.42 Å². The van der Waals surface area contributed by atoms with Crippen LogP contribution >= 0.6 is 12.4 Å². The first kappa shape index (κ1) is 20.5. The van der Waals surface area contributed by atoms with Crippen LogP contribution in [-0.2, 0) is 23.3 Å². The second-order valence-electron chi connectivity index (χ2n) is 6.19. The third-order valence-electron chi connectivity index (χ3n) is 4.50. The summed E-state index contributed by atoms with van der Waals surface area (Å²) in [5.41, 5.74) is 5.45. The summed E-state index contributed by atoms with van der Waals surface area (Å²) in [6, 6.07) is 0. The van der Waals surface area contributed by atoms with Crippen molar-refractivity contribution in [1.82, 2.24) is 28.6 Å². The third-order valence-corrected chi connectivity index (χ3v) is 6.53. The van der Waals surface area contributed by atoms with Crippen LogP contribution in [0.25, 0.3) is 0 Å². The van der Waals surface area contributed by atoms with Gasteiger partial charge in [0.25, 0.3) is 10.2 Å². The molecule has 2 fully saturated rings. The minimum absolute atomic E-state index is 0. The maximum atomic E-state index is 12.7. The molecule has 10 nitrogen and oxygen atoms in total. The summed E-state index contributed by atoms with van der Waals surface area (Å²) in [6.45, 7) is 5.72. The fourth-order valence-electron chi connectivity index (χ4n) is 2.94. The Morgan fingerprint density at radius 2 is 1.60 bits per heavy atom. The van der Waals surface area contributed by atoms with Crippen LogP contribution in [0.5, 0.6) is 0 Å². The topological polar surface area (TPSA) is 112 Å². The highest BCUT2D eigenvalue weighted by molar-refractivity contribution is 7.86. The lowest BCUT2D eigenvalue weighted by Crippen LogP contribution is -2.56. The molecule has 2 aliphatic heterocycles. The maximum absolute atomic E-state index is 12.7. The van der Waals surface area contributed by atoms with Gasteiger partial charge in [0.15, 0.2) is 5.82 Å². The van der Waals surface area contributed by atoms with Gasteiger partial charge in [-0.25, -0.2) is 0 Å². The molecule has 12 heteroatoms. The van der Waals surface area contributed by atoms with Gasteiger partial charge in [0.2, 0.25) is 5.89 Å². The zero-order valence-electron chi connectivity index (χ0n) is 14.4. The molecule has 144 valence electrons. The van der Waals surface area contributed by atoms with Crippen molar-refractivity contribution in [2.75, 3.05) is 59.4 Å². The van der Waals surface area contributed by atoms with Gasteiger partial charge in [-0.2, -0.15) is 22.0 Å². The minimum Gasteiger partial charge on any atom is -0.338 e. The van der Waals surface area contributed by atoms with Gasteiger partial charge in [-0.15, -0.1) is 12.4 Å². The van der Waals surface area contributed by atoms with Gasteiger partial charge >= 0.3 is 0 Å². The number of hydrogen-bond donors (Lipinski definition) is 1. The third kappa shape index (κ3) is 4.88. The Morgan fingerprint density at radius 1 is 1.04 bits per heavy atom. The molecule has 0 aliphatic carbocycles. The van der Waals surface area contributed by atoms with Crippen molar-refractivity contribution in [2.45, 2.75) is 13.1 Å². The number of rotatable bonds is 5. The molecule has 1 aromatic heterocycles. The largest absolute Gasteiger partial charge is 0.338 e. The van der Waals surface area contributed by atoms with Crippen molar-refractivity contribution in [2.24, 2.45) is 5.73 Å². The standard InChI is InChI=1S/C13H25N7O3S.ClH/c1-17-2-6-19(7-3-17)24(21,22)20-8-4-18(5-9-20)11-12-15-13(10-14)23-16-12;/h2-11,14H2,1H3;1H. The molecule has 2 saturated heterocycles. The normalized spacial score (nSPS) is 22.0. The molecule has 25 heavy (non-hydrogen) atoms. The van der Waals surface area contributed by atoms with Crippen LogP contribution in [0, 0.1) is 0 Å². The molecule has 2 N–H and O–H groups in total. The Morgan fingerprint density at radius 3 is 2.12 bits per heavy atom. The monoisotopic (exact) mass is 395 g/mol. The van der Waals surface area contributed by atoms with Crippen LogP contribution in [0.15, 0.2) is 4.52 Å². The molecule has 0 aromatic carbocycles. The molecule has 0 atom stereocenters. The van der Waals surface area contributed by atoms with Crippen LogP contribution in [0.2, 0.25) is 0 Å². The zero-order valence-corrected chi connectivity index (χ0v) is 16.0. The lowest BCUT2D eigenvalue weighted by atomic mass is 10.3. The van der Waals surface area contributed by atoms with Crippen molar-refractivity contribution in [3.63, 3.8) is 0 Å². The average molecular weight is 396 g/mol. The van der Waals surface area contributed by atoms with Crippen molar-refractivity contribution in [3.05, 3.63) is 11.7 Å². The Kier molecular flexibility index (Phi) is 7.14. The highest BCUT2D eigenvalue weighted by Gasteiger charge is 2.33. The van der Waals surface area contributed by atoms with Gasteiger partial charge in [-0.3, -0.25) is 4.90 Å². The van der Waals surface area contributed by atoms with E-state index in [1.807, 2.05) is 7.05 Å². The SMILES string of the molecule is CN1CCN(S(=O)(=O)N2CCN(Cc3noc(CN)n3)CC2)CC1.Cl. The molecule has 0 amide bonds. The Balaban J connectivity index is 0.00000225. The molecule has 0 spiro atoms. The summed E-state index contributed by atoms with van der Waals surface area (Å²) in [5, 5.41) is 3.88. The van der Waals surface area contributed by atoms with Gasteiger partial charge in [0.05, 0.1) is 13.1 Å². The van der Waals surface area contributed by atoms with E-state index in [1.165, 1.54) is 0 Å². The fraction of sp³-hybridized carbons (Fsp3) is 0.846. The Bertz CT molecular complexity index is 640. The van der Waals surface area contributed by atoms with Gasteiger partial charge in [0.1, 0.15) is 0 Å². The second kappa shape index (κ2) is 8.71. The summed E-state index contributed by atoms with van der Waals surface area (Å²) in [5.74, 6) is 1.01. The fourth-order valence-corrected chi connectivity index (χ4v) is 4.51. The molecular weight excluding hydrogens is 370 g/mol. The van der Waals surface area contributed by atoms with Crippen molar-refractivity contribution in [1.29, 1.82) is 0 Å². The highest BCUT2D eigenvalue weighted by Crippen LogP contribution is 2.15. The lowest BCUT2D eigenvalue weighted by molar-refractivity contribution is 0.161. The summed E-state index contributed by atoms with van der Waals surface area (Å²) >= 11 is 0. The zero-order chi connectivity index (χ0) is 17.2. The van der Waals surface area contributed by atoms with Gasteiger partial charge < -0.3 is 15.2 Å². The molecule has 0 unspecified atom stereocenters. The van der Waals surface area contributed by atoms with E-state index in [2.05, 4.69) is 19.9 Å².